The summed E-state index contributed by atoms with van der Waals surface area (Å²) in [5.74, 6) is 6.64. The average molecular weight is 347 g/mol. The van der Waals surface area contributed by atoms with E-state index in [0.717, 1.165) is 50.1 Å². The topological polar surface area (TPSA) is 20.2 Å². The molecule has 0 bridgehead atoms. The number of aliphatic hydroxyl groups excluding tert-OH is 1. The first-order valence-electron chi connectivity index (χ1n) is 9.22. The fraction of sp³-hybridized carbons (Fsp3) is 0.636. The van der Waals surface area contributed by atoms with E-state index in [1.807, 2.05) is 6.92 Å². The lowest BCUT2D eigenvalue weighted by atomic mass is 10.0. The highest BCUT2D eigenvalue weighted by atomic mass is 28.3. The molecule has 0 spiro atoms. The highest BCUT2D eigenvalue weighted by Gasteiger charge is 2.09. The van der Waals surface area contributed by atoms with Crippen LogP contribution in [0.3, 0.4) is 0 Å². The van der Waals surface area contributed by atoms with Crippen LogP contribution < -0.4 is 0 Å². The van der Waals surface area contributed by atoms with Gasteiger partial charge in [-0.05, 0) is 52.9 Å². The predicted octanol–water partition coefficient (Wildman–Crippen LogP) is 6.50. The van der Waals surface area contributed by atoms with Gasteiger partial charge in [-0.25, -0.2) is 0 Å². The van der Waals surface area contributed by atoms with E-state index in [1.54, 1.807) is 0 Å². The van der Waals surface area contributed by atoms with Gasteiger partial charge in [-0.15, -0.1) is 11.8 Å². The minimum absolute atomic E-state index is 0.364. The van der Waals surface area contributed by atoms with E-state index < -0.39 is 8.07 Å². The van der Waals surface area contributed by atoms with Crippen molar-refractivity contribution in [3.63, 3.8) is 0 Å². The summed E-state index contributed by atoms with van der Waals surface area (Å²) >= 11 is 0. The molecule has 0 aliphatic heterocycles. The Morgan fingerprint density at radius 2 is 1.58 bits per heavy atom. The summed E-state index contributed by atoms with van der Waals surface area (Å²) in [6.45, 7) is 17.1. The number of allylic oxidation sites excluding steroid dienone is 4. The van der Waals surface area contributed by atoms with Crippen LogP contribution in [0.15, 0.2) is 35.5 Å². The van der Waals surface area contributed by atoms with Crippen LogP contribution in [0.2, 0.25) is 25.7 Å². The summed E-state index contributed by atoms with van der Waals surface area (Å²) in [4.78, 5) is 0. The van der Waals surface area contributed by atoms with Crippen molar-refractivity contribution in [2.24, 2.45) is 0 Å². The van der Waals surface area contributed by atoms with E-state index in [1.165, 1.54) is 11.1 Å². The molecule has 2 heteroatoms. The summed E-state index contributed by atoms with van der Waals surface area (Å²) in [7, 11) is -1.00. The third-order valence-electron chi connectivity index (χ3n) is 3.92. The van der Waals surface area contributed by atoms with Crippen LogP contribution >= 0.6 is 0 Å². The molecular formula is C22H38OSi. The predicted molar refractivity (Wildman–Crippen MR) is 112 cm³/mol. The maximum atomic E-state index is 9.75. The van der Waals surface area contributed by atoms with Gasteiger partial charge in [0.15, 0.2) is 0 Å². The molecule has 24 heavy (non-hydrogen) atoms. The standard InChI is InChI=1S/C22H38OSi/c1-19(2)22(23)17-16-21(4)15-12-14-20(3)13-10-8-9-11-18-24(5,6)7/h13,15,22-23H,1,8,10,12,14,16-18H2,2-7H3/b20-13+,21-15+. The molecule has 0 aromatic heterocycles. The van der Waals surface area contributed by atoms with Crippen molar-refractivity contribution in [1.29, 1.82) is 0 Å². The van der Waals surface area contributed by atoms with Gasteiger partial charge in [0, 0.05) is 12.5 Å². The second kappa shape index (κ2) is 12.3. The number of rotatable bonds is 10. The van der Waals surface area contributed by atoms with E-state index >= 15 is 0 Å². The molecule has 0 aliphatic carbocycles. The molecule has 0 radical (unpaired) electrons. The Kier molecular flexibility index (Phi) is 11.8. The highest BCUT2D eigenvalue weighted by molar-refractivity contribution is 6.76. The summed E-state index contributed by atoms with van der Waals surface area (Å²) in [5.41, 5.74) is 3.67. The fourth-order valence-electron chi connectivity index (χ4n) is 2.17. The molecule has 0 aliphatic rings. The largest absolute Gasteiger partial charge is 0.389 e. The van der Waals surface area contributed by atoms with Gasteiger partial charge in [-0.2, -0.15) is 0 Å². The van der Waals surface area contributed by atoms with Gasteiger partial charge in [0.1, 0.15) is 0 Å². The molecule has 1 unspecified atom stereocenters. The molecule has 0 heterocycles. The van der Waals surface area contributed by atoms with Crippen molar-refractivity contribution in [1.82, 2.24) is 0 Å². The Hall–Kier alpha value is -1.04. The van der Waals surface area contributed by atoms with Crippen LogP contribution in [0.5, 0.6) is 0 Å². The van der Waals surface area contributed by atoms with Crippen molar-refractivity contribution in [2.75, 3.05) is 0 Å². The second-order valence-corrected chi connectivity index (χ2v) is 13.6. The Morgan fingerprint density at radius 3 is 2.17 bits per heavy atom. The summed E-state index contributed by atoms with van der Waals surface area (Å²) in [5, 5.41) is 9.75. The Labute approximate surface area is 152 Å². The molecule has 0 saturated heterocycles. The van der Waals surface area contributed by atoms with Crippen molar-refractivity contribution < 1.29 is 5.11 Å². The maximum absolute atomic E-state index is 9.75. The lowest BCUT2D eigenvalue weighted by Gasteiger charge is -2.10. The van der Waals surface area contributed by atoms with Crippen LogP contribution in [0, 0.1) is 11.8 Å². The van der Waals surface area contributed by atoms with Gasteiger partial charge in [0.2, 0.25) is 0 Å². The third kappa shape index (κ3) is 14.5. The second-order valence-electron chi connectivity index (χ2n) is 8.17. The first kappa shape index (κ1) is 23.0. The van der Waals surface area contributed by atoms with Gasteiger partial charge in [0.25, 0.3) is 0 Å². The molecule has 0 amide bonds. The summed E-state index contributed by atoms with van der Waals surface area (Å²) in [6, 6.07) is 1.11. The Bertz CT molecular complexity index is 494. The first-order chi connectivity index (χ1) is 11.1. The molecule has 0 saturated carbocycles. The van der Waals surface area contributed by atoms with Crippen LogP contribution in [-0.2, 0) is 0 Å². The molecule has 1 N–H and O–H groups in total. The highest BCUT2D eigenvalue weighted by Crippen LogP contribution is 2.14. The number of unbranched alkanes of at least 4 members (excludes halogenated alkanes) is 1. The Morgan fingerprint density at radius 1 is 1.00 bits per heavy atom. The molecule has 1 atom stereocenters. The summed E-state index contributed by atoms with van der Waals surface area (Å²) in [6.07, 6.45) is 10.2. The number of aliphatic hydroxyl groups is 1. The normalized spacial score (nSPS) is 14.1. The zero-order valence-corrected chi connectivity index (χ0v) is 17.8. The lowest BCUT2D eigenvalue weighted by molar-refractivity contribution is 0.201. The van der Waals surface area contributed by atoms with E-state index in [0.29, 0.717) is 0 Å². The average Bonchev–Trinajstić information content (AvgIpc) is 2.47. The first-order valence-corrected chi connectivity index (χ1v) is 12.9. The smallest absolute Gasteiger partial charge is 0.0747 e. The minimum atomic E-state index is -1.00. The Balaban J connectivity index is 3.97. The molecule has 0 rings (SSSR count). The fourth-order valence-corrected chi connectivity index (χ4v) is 2.82. The van der Waals surface area contributed by atoms with Gasteiger partial charge in [-0.1, -0.05) is 55.1 Å². The van der Waals surface area contributed by atoms with E-state index in [4.69, 9.17) is 0 Å². The quantitative estimate of drug-likeness (QED) is 0.207. The monoisotopic (exact) mass is 346 g/mol. The van der Waals surface area contributed by atoms with Crippen molar-refractivity contribution in [2.45, 2.75) is 91.1 Å². The zero-order valence-electron chi connectivity index (χ0n) is 16.8. The van der Waals surface area contributed by atoms with Crippen molar-refractivity contribution in [3.05, 3.63) is 35.5 Å². The SMILES string of the molecule is C=C(C)C(O)CC/C(C)=C/CC/C(C)=C/CCC#CC[Si](C)(C)C. The molecule has 0 aromatic carbocycles. The van der Waals surface area contributed by atoms with Crippen LogP contribution in [0.1, 0.15) is 59.3 Å². The van der Waals surface area contributed by atoms with E-state index in [9.17, 15) is 5.11 Å². The van der Waals surface area contributed by atoms with Gasteiger partial charge < -0.3 is 5.11 Å². The minimum Gasteiger partial charge on any atom is -0.389 e. The van der Waals surface area contributed by atoms with E-state index in [-0.39, 0.29) is 6.10 Å². The van der Waals surface area contributed by atoms with Crippen molar-refractivity contribution >= 4 is 8.07 Å². The lowest BCUT2D eigenvalue weighted by Crippen LogP contribution is -2.17. The summed E-state index contributed by atoms with van der Waals surface area (Å²) < 4.78 is 0. The van der Waals surface area contributed by atoms with Crippen LogP contribution in [0.25, 0.3) is 0 Å². The van der Waals surface area contributed by atoms with Crippen LogP contribution in [-0.4, -0.2) is 19.3 Å². The van der Waals surface area contributed by atoms with Gasteiger partial charge in [0.05, 0.1) is 14.2 Å². The molecule has 1 nitrogen and oxygen atoms in total. The van der Waals surface area contributed by atoms with E-state index in [2.05, 4.69) is 64.1 Å². The molecular weight excluding hydrogens is 308 g/mol. The zero-order chi connectivity index (χ0) is 18.6. The molecule has 0 fully saturated rings. The van der Waals surface area contributed by atoms with Crippen LogP contribution in [0.4, 0.5) is 0 Å². The van der Waals surface area contributed by atoms with Crippen molar-refractivity contribution in [3.8, 4) is 11.8 Å². The molecule has 0 aromatic rings. The third-order valence-corrected chi connectivity index (χ3v) is 5.16. The van der Waals surface area contributed by atoms with Gasteiger partial charge in [-0.3, -0.25) is 0 Å². The maximum Gasteiger partial charge on any atom is 0.0747 e. The number of hydrogen-bond donors (Lipinski definition) is 1. The molecule has 136 valence electrons. The number of hydrogen-bond acceptors (Lipinski definition) is 1. The van der Waals surface area contributed by atoms with Gasteiger partial charge >= 0.3 is 0 Å².